The minimum Gasteiger partial charge on any atom is -0.372 e. The van der Waals surface area contributed by atoms with Crippen LogP contribution in [0.2, 0.25) is 0 Å². The number of rotatable bonds is 0. The normalized spacial score (nSPS) is 23.9. The van der Waals surface area contributed by atoms with Crippen LogP contribution in [0, 0.1) is 0 Å². The lowest BCUT2D eigenvalue weighted by atomic mass is 10.1. The second kappa shape index (κ2) is 4.25. The second-order valence-corrected chi connectivity index (χ2v) is 5.71. The lowest BCUT2D eigenvalue weighted by molar-refractivity contribution is 0.167. The molecule has 0 fully saturated rings. The van der Waals surface area contributed by atoms with E-state index in [-0.39, 0.29) is 0 Å². The summed E-state index contributed by atoms with van der Waals surface area (Å²) < 4.78 is 0. The Kier molecular flexibility index (Phi) is 2.51. The first-order chi connectivity index (χ1) is 9.75. The number of nitrogens with zero attached hydrogens (tertiary/aromatic N) is 2. The lowest BCUT2D eigenvalue weighted by Gasteiger charge is -2.30. The zero-order valence-corrected chi connectivity index (χ0v) is 11.5. The van der Waals surface area contributed by atoms with Crippen molar-refractivity contribution in [3.8, 4) is 0 Å². The van der Waals surface area contributed by atoms with E-state index in [4.69, 9.17) is 0 Å². The fraction of sp³-hybridized carbons (Fsp3) is 0.294. The Balaban J connectivity index is 1.87. The molecule has 0 bridgehead atoms. The van der Waals surface area contributed by atoms with Crippen LogP contribution in [0.5, 0.6) is 0 Å². The summed E-state index contributed by atoms with van der Waals surface area (Å²) in [4.78, 5) is 4.44. The topological polar surface area (TPSA) is 26.7 Å². The summed E-state index contributed by atoms with van der Waals surface area (Å²) in [5, 5.41) is 10.9. The first-order valence-corrected chi connectivity index (χ1v) is 7.10. The largest absolute Gasteiger partial charge is 0.372 e. The van der Waals surface area contributed by atoms with Crippen molar-refractivity contribution in [1.29, 1.82) is 0 Å². The zero-order valence-electron chi connectivity index (χ0n) is 11.5. The first kappa shape index (κ1) is 11.8. The smallest absolute Gasteiger partial charge is 0.155 e. The molecule has 0 radical (unpaired) electrons. The molecule has 2 atom stereocenters. The third kappa shape index (κ3) is 1.56. The molecule has 0 saturated heterocycles. The van der Waals surface area contributed by atoms with Crippen molar-refractivity contribution < 1.29 is 5.11 Å². The van der Waals surface area contributed by atoms with Crippen molar-refractivity contribution in [3.63, 3.8) is 0 Å². The number of benzene rings is 2. The van der Waals surface area contributed by atoms with E-state index < -0.39 is 6.23 Å². The Morgan fingerprint density at radius 3 is 2.55 bits per heavy atom. The Labute approximate surface area is 119 Å². The van der Waals surface area contributed by atoms with Gasteiger partial charge in [0.05, 0.1) is 6.04 Å². The van der Waals surface area contributed by atoms with Gasteiger partial charge >= 0.3 is 0 Å². The summed E-state index contributed by atoms with van der Waals surface area (Å²) in [6.45, 7) is 0.933. The Morgan fingerprint density at radius 1 is 1.00 bits per heavy atom. The van der Waals surface area contributed by atoms with Crippen LogP contribution in [0.3, 0.4) is 0 Å². The fourth-order valence-electron chi connectivity index (χ4n) is 3.59. The van der Waals surface area contributed by atoms with Crippen molar-refractivity contribution in [2.24, 2.45) is 0 Å². The van der Waals surface area contributed by atoms with Gasteiger partial charge in [0.15, 0.2) is 6.23 Å². The maximum absolute atomic E-state index is 10.9. The van der Waals surface area contributed by atoms with Gasteiger partial charge in [0, 0.05) is 30.5 Å². The van der Waals surface area contributed by atoms with Crippen molar-refractivity contribution >= 4 is 11.4 Å². The Morgan fingerprint density at radius 2 is 1.70 bits per heavy atom. The molecule has 0 saturated carbocycles. The fourth-order valence-corrected chi connectivity index (χ4v) is 3.59. The molecule has 4 rings (SSSR count). The van der Waals surface area contributed by atoms with Crippen molar-refractivity contribution in [1.82, 2.24) is 0 Å². The number of para-hydroxylation sites is 2. The monoisotopic (exact) mass is 266 g/mol. The highest BCUT2D eigenvalue weighted by molar-refractivity contribution is 5.65. The van der Waals surface area contributed by atoms with Crippen LogP contribution in [0.15, 0.2) is 48.5 Å². The molecule has 20 heavy (non-hydrogen) atoms. The van der Waals surface area contributed by atoms with Crippen LogP contribution < -0.4 is 9.80 Å². The van der Waals surface area contributed by atoms with Gasteiger partial charge in [-0.25, -0.2) is 0 Å². The van der Waals surface area contributed by atoms with Crippen LogP contribution in [0.4, 0.5) is 11.4 Å². The molecule has 2 heterocycles. The number of anilines is 2. The minimum absolute atomic E-state index is 0.333. The van der Waals surface area contributed by atoms with Crippen molar-refractivity contribution in [2.75, 3.05) is 23.4 Å². The summed E-state index contributed by atoms with van der Waals surface area (Å²) >= 11 is 0. The van der Waals surface area contributed by atoms with E-state index in [2.05, 4.69) is 47.2 Å². The van der Waals surface area contributed by atoms with Crippen LogP contribution in [0.25, 0.3) is 0 Å². The third-order valence-corrected chi connectivity index (χ3v) is 4.49. The van der Waals surface area contributed by atoms with Gasteiger partial charge in [0.1, 0.15) is 0 Å². The third-order valence-electron chi connectivity index (χ3n) is 4.49. The molecule has 3 nitrogen and oxygen atoms in total. The number of hydrogen-bond acceptors (Lipinski definition) is 3. The van der Waals surface area contributed by atoms with Gasteiger partial charge in [-0.15, -0.1) is 0 Å². The van der Waals surface area contributed by atoms with Gasteiger partial charge in [-0.1, -0.05) is 36.4 Å². The van der Waals surface area contributed by atoms with Crippen LogP contribution in [-0.4, -0.2) is 24.7 Å². The van der Waals surface area contributed by atoms with Gasteiger partial charge in [-0.2, -0.15) is 0 Å². The van der Waals surface area contributed by atoms with E-state index in [1.54, 1.807) is 0 Å². The van der Waals surface area contributed by atoms with E-state index >= 15 is 0 Å². The molecule has 0 aliphatic carbocycles. The highest BCUT2D eigenvalue weighted by atomic mass is 16.3. The molecule has 3 heteroatoms. The summed E-state index contributed by atoms with van der Waals surface area (Å²) in [5.74, 6) is 0. The molecular formula is C17H18N2O. The number of aliphatic hydroxyl groups excluding tert-OH is 1. The van der Waals surface area contributed by atoms with Crippen LogP contribution in [0.1, 0.15) is 17.4 Å². The molecule has 2 aliphatic heterocycles. The number of hydrogen-bond donors (Lipinski definition) is 1. The van der Waals surface area contributed by atoms with Crippen LogP contribution in [-0.2, 0) is 6.42 Å². The van der Waals surface area contributed by atoms with Gasteiger partial charge < -0.3 is 14.9 Å². The predicted molar refractivity (Wildman–Crippen MR) is 81.1 cm³/mol. The Bertz CT molecular complexity index is 655. The summed E-state index contributed by atoms with van der Waals surface area (Å²) in [7, 11) is 2.11. The number of aliphatic hydroxyl groups is 1. The SMILES string of the molecule is CN1C[C@@H]2Cc3ccccc3N2C(O)c2ccccc21. The predicted octanol–water partition coefficient (Wildman–Crippen LogP) is 2.56. The van der Waals surface area contributed by atoms with Crippen LogP contribution >= 0.6 is 0 Å². The van der Waals surface area contributed by atoms with Gasteiger partial charge in [0.25, 0.3) is 0 Å². The highest BCUT2D eigenvalue weighted by Gasteiger charge is 2.38. The molecule has 0 aromatic heterocycles. The van der Waals surface area contributed by atoms with E-state index in [1.807, 2.05) is 18.2 Å². The highest BCUT2D eigenvalue weighted by Crippen LogP contribution is 2.42. The van der Waals surface area contributed by atoms with Crippen molar-refractivity contribution in [3.05, 3.63) is 59.7 Å². The van der Waals surface area contributed by atoms with Gasteiger partial charge in [-0.05, 0) is 24.1 Å². The van der Waals surface area contributed by atoms with Gasteiger partial charge in [-0.3, -0.25) is 0 Å². The first-order valence-electron chi connectivity index (χ1n) is 7.10. The molecule has 0 amide bonds. The van der Waals surface area contributed by atoms with Crippen molar-refractivity contribution in [2.45, 2.75) is 18.7 Å². The van der Waals surface area contributed by atoms with E-state index in [0.717, 1.165) is 24.2 Å². The number of likely N-dealkylation sites (N-methyl/N-ethyl adjacent to an activating group) is 1. The van der Waals surface area contributed by atoms with E-state index in [1.165, 1.54) is 11.3 Å². The molecular weight excluding hydrogens is 248 g/mol. The average molecular weight is 266 g/mol. The summed E-state index contributed by atoms with van der Waals surface area (Å²) in [6, 6.07) is 16.9. The Hall–Kier alpha value is -2.00. The molecule has 1 N–H and O–H groups in total. The maximum Gasteiger partial charge on any atom is 0.155 e. The van der Waals surface area contributed by atoms with E-state index in [9.17, 15) is 5.11 Å². The molecule has 0 spiro atoms. The molecule has 2 aromatic carbocycles. The van der Waals surface area contributed by atoms with Gasteiger partial charge in [0.2, 0.25) is 0 Å². The standard InChI is InChI=1S/C17H18N2O/c1-18-11-13-10-12-6-2-4-8-15(12)19(13)17(20)14-7-3-5-9-16(14)18/h2-9,13,17,20H,10-11H2,1H3/t13-,17?/m0/s1. The lowest BCUT2D eigenvalue weighted by Crippen LogP contribution is -2.40. The maximum atomic E-state index is 10.9. The average Bonchev–Trinajstić information content (AvgIpc) is 2.79. The molecule has 1 unspecified atom stereocenters. The molecule has 102 valence electrons. The second-order valence-electron chi connectivity index (χ2n) is 5.71. The summed E-state index contributed by atoms with van der Waals surface area (Å²) in [6.07, 6.45) is 0.441. The molecule has 2 aliphatic rings. The molecule has 2 aromatic rings. The van der Waals surface area contributed by atoms with E-state index in [0.29, 0.717) is 6.04 Å². The minimum atomic E-state index is -0.565. The quantitative estimate of drug-likeness (QED) is 0.794. The zero-order chi connectivity index (χ0) is 13.7. The summed E-state index contributed by atoms with van der Waals surface area (Å²) in [5.41, 5.74) is 4.64. The number of fused-ring (bicyclic) bond motifs is 4.